The maximum absolute atomic E-state index is 13.1. The normalized spacial score (nSPS) is 18.0. The predicted octanol–water partition coefficient (Wildman–Crippen LogP) is 3.69. The number of thiophene rings is 1. The number of nitrogen functional groups attached to an aromatic ring is 1. The van der Waals surface area contributed by atoms with Crippen LogP contribution in [0.4, 0.5) is 5.95 Å². The van der Waals surface area contributed by atoms with Crippen molar-refractivity contribution in [2.24, 2.45) is 17.2 Å². The number of fused-ring (bicyclic) bond motifs is 3. The number of unbranched alkanes of at least 4 members (excludes halogenated alkanes) is 1. The summed E-state index contributed by atoms with van der Waals surface area (Å²) in [5.74, 6) is 6.75. The lowest BCUT2D eigenvalue weighted by atomic mass is 9.72. The van der Waals surface area contributed by atoms with Gasteiger partial charge in [-0.05, 0) is 42.6 Å². The summed E-state index contributed by atoms with van der Waals surface area (Å²) in [6.45, 7) is 9.70. The minimum absolute atomic E-state index is 0.0631. The van der Waals surface area contributed by atoms with Crippen molar-refractivity contribution in [2.45, 2.75) is 66.3 Å². The highest BCUT2D eigenvalue weighted by Gasteiger charge is 2.32. The van der Waals surface area contributed by atoms with Gasteiger partial charge in [0.15, 0.2) is 0 Å². The van der Waals surface area contributed by atoms with Gasteiger partial charge in [0.05, 0.1) is 5.39 Å². The Labute approximate surface area is 147 Å². The Morgan fingerprint density at radius 2 is 2.17 bits per heavy atom. The largest absolute Gasteiger partial charge is 0.294 e. The van der Waals surface area contributed by atoms with Crippen molar-refractivity contribution < 1.29 is 0 Å². The average molecular weight is 349 g/mol. The van der Waals surface area contributed by atoms with Crippen LogP contribution in [0.3, 0.4) is 0 Å². The van der Waals surface area contributed by atoms with E-state index in [4.69, 9.17) is 5.84 Å². The number of anilines is 1. The van der Waals surface area contributed by atoms with Crippen molar-refractivity contribution in [2.75, 3.05) is 5.43 Å². The van der Waals surface area contributed by atoms with Gasteiger partial charge in [-0.2, -0.15) is 0 Å². The second kappa shape index (κ2) is 6.48. The highest BCUT2D eigenvalue weighted by atomic mass is 32.1. The minimum atomic E-state index is 0.0631. The Kier molecular flexibility index (Phi) is 4.71. The number of rotatable bonds is 4. The predicted molar refractivity (Wildman–Crippen MR) is 102 cm³/mol. The monoisotopic (exact) mass is 348 g/mol. The smallest absolute Gasteiger partial charge is 0.263 e. The van der Waals surface area contributed by atoms with Crippen LogP contribution in [0.25, 0.3) is 10.2 Å². The van der Waals surface area contributed by atoms with E-state index < -0.39 is 0 Å². The molecule has 0 amide bonds. The number of aryl methyl sites for hydroxylation is 1. The van der Waals surface area contributed by atoms with Gasteiger partial charge < -0.3 is 0 Å². The summed E-state index contributed by atoms with van der Waals surface area (Å²) in [7, 11) is 0. The lowest BCUT2D eigenvalue weighted by Gasteiger charge is -2.33. The van der Waals surface area contributed by atoms with Crippen LogP contribution in [0.1, 0.15) is 57.4 Å². The lowest BCUT2D eigenvalue weighted by molar-refractivity contribution is 0.218. The molecule has 132 valence electrons. The topological polar surface area (TPSA) is 72.9 Å². The zero-order valence-corrected chi connectivity index (χ0v) is 15.9. The Bertz CT molecular complexity index is 800. The summed E-state index contributed by atoms with van der Waals surface area (Å²) in [6, 6.07) is 0. The number of hydrogen-bond acceptors (Lipinski definition) is 5. The third kappa shape index (κ3) is 2.97. The van der Waals surface area contributed by atoms with Crippen molar-refractivity contribution in [1.29, 1.82) is 0 Å². The van der Waals surface area contributed by atoms with Gasteiger partial charge in [0.25, 0.3) is 5.56 Å². The third-order valence-corrected chi connectivity index (χ3v) is 6.41. The molecule has 24 heavy (non-hydrogen) atoms. The molecule has 2 aromatic heterocycles. The van der Waals surface area contributed by atoms with Crippen LogP contribution in [-0.2, 0) is 19.4 Å². The van der Waals surface area contributed by atoms with Crippen LogP contribution < -0.4 is 16.8 Å². The molecule has 2 heterocycles. The van der Waals surface area contributed by atoms with E-state index in [1.807, 2.05) is 0 Å². The Hall–Kier alpha value is -1.40. The van der Waals surface area contributed by atoms with E-state index in [9.17, 15) is 4.79 Å². The number of nitrogens with two attached hydrogens (primary N) is 1. The SMILES string of the molecule is CCCCn1c(NN)nc2sc3c(c2c1=O)CCC(C(C)(C)C)C3. The second-order valence-corrected chi connectivity index (χ2v) is 8.96. The van der Waals surface area contributed by atoms with Crippen LogP contribution in [0.15, 0.2) is 4.79 Å². The quantitative estimate of drug-likeness (QED) is 0.653. The highest BCUT2D eigenvalue weighted by molar-refractivity contribution is 7.18. The van der Waals surface area contributed by atoms with Crippen LogP contribution in [0.2, 0.25) is 0 Å². The van der Waals surface area contributed by atoms with E-state index in [-0.39, 0.29) is 5.56 Å². The fourth-order valence-corrected chi connectivity index (χ4v) is 4.92. The van der Waals surface area contributed by atoms with Crippen LogP contribution in [0, 0.1) is 11.3 Å². The summed E-state index contributed by atoms with van der Waals surface area (Å²) < 4.78 is 1.70. The van der Waals surface area contributed by atoms with E-state index >= 15 is 0 Å². The van der Waals surface area contributed by atoms with Crippen molar-refractivity contribution in [1.82, 2.24) is 9.55 Å². The molecule has 0 saturated carbocycles. The molecule has 0 fully saturated rings. The molecule has 0 radical (unpaired) electrons. The molecule has 0 bridgehead atoms. The van der Waals surface area contributed by atoms with Gasteiger partial charge in [-0.3, -0.25) is 14.8 Å². The first kappa shape index (κ1) is 17.4. The van der Waals surface area contributed by atoms with Crippen molar-refractivity contribution in [3.63, 3.8) is 0 Å². The van der Waals surface area contributed by atoms with E-state index in [1.165, 1.54) is 10.4 Å². The lowest BCUT2D eigenvalue weighted by Crippen LogP contribution is -2.28. The van der Waals surface area contributed by atoms with Crippen molar-refractivity contribution >= 4 is 27.5 Å². The van der Waals surface area contributed by atoms with Crippen LogP contribution in [-0.4, -0.2) is 9.55 Å². The number of nitrogens with zero attached hydrogens (tertiary/aromatic N) is 2. The van der Waals surface area contributed by atoms with Gasteiger partial charge in [-0.1, -0.05) is 34.1 Å². The molecule has 0 saturated heterocycles. The zero-order chi connectivity index (χ0) is 17.5. The fourth-order valence-electron chi connectivity index (χ4n) is 3.63. The molecule has 0 aromatic carbocycles. The molecule has 3 rings (SSSR count). The first-order valence-electron chi connectivity index (χ1n) is 8.88. The van der Waals surface area contributed by atoms with Gasteiger partial charge >= 0.3 is 0 Å². The maximum atomic E-state index is 13.1. The summed E-state index contributed by atoms with van der Waals surface area (Å²) in [5, 5.41) is 0.831. The Morgan fingerprint density at radius 3 is 2.79 bits per heavy atom. The molecule has 3 N–H and O–H groups in total. The Balaban J connectivity index is 2.11. The Morgan fingerprint density at radius 1 is 1.42 bits per heavy atom. The van der Waals surface area contributed by atoms with Crippen molar-refractivity contribution in [3.05, 3.63) is 20.8 Å². The molecule has 1 aliphatic carbocycles. The van der Waals surface area contributed by atoms with Crippen LogP contribution in [0.5, 0.6) is 0 Å². The van der Waals surface area contributed by atoms with Crippen LogP contribution >= 0.6 is 11.3 Å². The van der Waals surface area contributed by atoms with Gasteiger partial charge in [-0.15, -0.1) is 11.3 Å². The molecule has 1 aliphatic rings. The third-order valence-electron chi connectivity index (χ3n) is 5.26. The second-order valence-electron chi connectivity index (χ2n) is 7.88. The fraction of sp³-hybridized carbons (Fsp3) is 0.667. The maximum Gasteiger partial charge on any atom is 0.263 e. The molecule has 2 aromatic rings. The molecule has 0 spiro atoms. The molecule has 1 unspecified atom stereocenters. The summed E-state index contributed by atoms with van der Waals surface area (Å²) in [4.78, 5) is 19.9. The van der Waals surface area contributed by atoms with Gasteiger partial charge in [0, 0.05) is 11.4 Å². The van der Waals surface area contributed by atoms with E-state index in [0.717, 1.165) is 42.3 Å². The van der Waals surface area contributed by atoms with E-state index in [2.05, 4.69) is 38.1 Å². The molecular weight excluding hydrogens is 320 g/mol. The average Bonchev–Trinajstić information content (AvgIpc) is 2.90. The number of hydrogen-bond donors (Lipinski definition) is 2. The molecule has 0 aliphatic heterocycles. The molecular formula is C18H28N4OS. The van der Waals surface area contributed by atoms with E-state index in [1.54, 1.807) is 15.9 Å². The highest BCUT2D eigenvalue weighted by Crippen LogP contribution is 2.42. The van der Waals surface area contributed by atoms with Gasteiger partial charge in [-0.25, -0.2) is 10.8 Å². The number of hydrazine groups is 1. The van der Waals surface area contributed by atoms with Crippen molar-refractivity contribution in [3.8, 4) is 0 Å². The molecule has 5 nitrogen and oxygen atoms in total. The first-order chi connectivity index (χ1) is 11.4. The van der Waals surface area contributed by atoms with Gasteiger partial charge in [0.1, 0.15) is 4.83 Å². The standard InChI is InChI=1S/C18H28N4OS/c1-5-6-9-22-16(23)14-12-8-7-11(18(2,3)4)10-13(12)24-15(14)20-17(22)21-19/h11H,5-10,19H2,1-4H3,(H,20,21). The molecule has 6 heteroatoms. The first-order valence-corrected chi connectivity index (χ1v) is 9.70. The summed E-state index contributed by atoms with van der Waals surface area (Å²) in [5.41, 5.74) is 4.21. The minimum Gasteiger partial charge on any atom is -0.294 e. The summed E-state index contributed by atoms with van der Waals surface area (Å²) in [6.07, 6.45) is 5.16. The zero-order valence-electron chi connectivity index (χ0n) is 15.1. The number of nitrogens with one attached hydrogen (secondary N) is 1. The number of aromatic nitrogens is 2. The van der Waals surface area contributed by atoms with Gasteiger partial charge in [0.2, 0.25) is 5.95 Å². The summed E-state index contributed by atoms with van der Waals surface area (Å²) >= 11 is 1.68. The van der Waals surface area contributed by atoms with E-state index in [0.29, 0.717) is 23.8 Å². The molecule has 1 atom stereocenters.